The highest BCUT2D eigenvalue weighted by Gasteiger charge is 2.41. The Bertz CT molecular complexity index is 1340. The first-order chi connectivity index (χ1) is 20.0. The van der Waals surface area contributed by atoms with Crippen LogP contribution in [0.25, 0.3) is 0 Å². The van der Waals surface area contributed by atoms with Crippen LogP contribution in [-0.4, -0.2) is 35.3 Å². The second-order valence-electron chi connectivity index (χ2n) is 9.86. The first-order valence-electron chi connectivity index (χ1n) is 13.3. The maximum absolute atomic E-state index is 11.1. The summed E-state index contributed by atoms with van der Waals surface area (Å²) in [6, 6.07) is 38.9. The zero-order chi connectivity index (χ0) is 28.7. The lowest BCUT2D eigenvalue weighted by molar-refractivity contribution is -0.574. The maximum atomic E-state index is 11.1. The van der Waals surface area contributed by atoms with Crippen molar-refractivity contribution >= 4 is 17.7 Å². The van der Waals surface area contributed by atoms with Gasteiger partial charge in [0.15, 0.2) is 0 Å². The van der Waals surface area contributed by atoms with Gasteiger partial charge in [0, 0.05) is 17.8 Å². The molecule has 0 saturated carbocycles. The molecular weight excluding hydrogens is 538 g/mol. The fourth-order valence-electron chi connectivity index (χ4n) is 5.27. The van der Waals surface area contributed by atoms with Crippen LogP contribution in [0.5, 0.6) is 0 Å². The summed E-state index contributed by atoms with van der Waals surface area (Å²) >= 11 is 2.03. The third kappa shape index (κ3) is 6.34. The number of nitrogens with two attached hydrogens (primary N) is 1. The first kappa shape index (κ1) is 28.5. The predicted octanol–water partition coefficient (Wildman–Crippen LogP) is 5.46. The van der Waals surface area contributed by atoms with Gasteiger partial charge in [-0.05, 0) is 47.4 Å². The molecule has 0 spiro atoms. The quantitative estimate of drug-likeness (QED) is 0.124. The predicted molar refractivity (Wildman–Crippen MR) is 159 cm³/mol. The number of carbonyl (C=O) groups excluding carboxylic acids is 1. The molecule has 0 aromatic heterocycles. The number of ether oxygens (including phenoxy) is 1. The summed E-state index contributed by atoms with van der Waals surface area (Å²) in [5.41, 5.74) is 4.63. The molecule has 3 heterocycles. The normalized spacial score (nSPS) is 19.5. The molecule has 3 aliphatic rings. The number of esters is 1. The Morgan fingerprint density at radius 2 is 1.39 bits per heavy atom. The number of thioether (sulfide) groups is 1. The number of nitro groups is 1. The van der Waals surface area contributed by atoms with E-state index in [1.807, 2.05) is 11.8 Å². The number of fused-ring (bicyclic) bond motifs is 4. The summed E-state index contributed by atoms with van der Waals surface area (Å²) in [7, 11) is 0. The molecule has 9 heteroatoms. The minimum Gasteiger partial charge on any atom is -0.390 e. The van der Waals surface area contributed by atoms with E-state index in [1.165, 1.54) is 41.0 Å². The second-order valence-corrected chi connectivity index (χ2v) is 11.4. The number of hydrogen-bond donors (Lipinski definition) is 2. The van der Waals surface area contributed by atoms with Crippen LogP contribution in [0, 0.1) is 10.1 Å². The smallest absolute Gasteiger partial charge is 0.383 e. The number of hydrogen-bond acceptors (Lipinski definition) is 8. The molecule has 2 bridgehead atoms. The number of nitrogens with one attached hydrogen (secondary N) is 1. The van der Waals surface area contributed by atoms with Crippen molar-refractivity contribution in [1.82, 2.24) is 5.32 Å². The average molecular weight is 570 g/mol. The number of benzene rings is 4. The number of carbonyl (C=O) groups is 1. The Morgan fingerprint density at radius 1 is 0.878 bits per heavy atom. The fourth-order valence-corrected chi connectivity index (χ4v) is 7.10. The van der Waals surface area contributed by atoms with Gasteiger partial charge in [0.05, 0.1) is 27.4 Å². The van der Waals surface area contributed by atoms with Crippen LogP contribution in [0.1, 0.15) is 45.3 Å². The highest BCUT2D eigenvalue weighted by Crippen LogP contribution is 2.51. The highest BCUT2D eigenvalue weighted by molar-refractivity contribution is 8.01. The van der Waals surface area contributed by atoms with Gasteiger partial charge in [0.25, 0.3) is 0 Å². The van der Waals surface area contributed by atoms with E-state index in [0.29, 0.717) is 29.0 Å². The van der Waals surface area contributed by atoms with E-state index in [0.717, 1.165) is 13.0 Å². The van der Waals surface area contributed by atoms with Crippen molar-refractivity contribution < 1.29 is 19.3 Å². The first-order valence-corrected chi connectivity index (χ1v) is 14.2. The molecule has 1 saturated heterocycles. The molecule has 3 N–H and O–H groups in total. The molecule has 210 valence electrons. The molecule has 0 radical (unpaired) electrons. The molecular formula is C32H31N3O5S. The Hall–Kier alpha value is -4.02. The van der Waals surface area contributed by atoms with Crippen LogP contribution in [0.3, 0.4) is 0 Å². The number of rotatable bonds is 8. The van der Waals surface area contributed by atoms with Crippen LogP contribution in [-0.2, 0) is 14.3 Å². The van der Waals surface area contributed by atoms with E-state index in [9.17, 15) is 14.9 Å². The Morgan fingerprint density at radius 3 is 1.85 bits per heavy atom. The molecule has 3 atom stereocenters. The molecule has 41 heavy (non-hydrogen) atoms. The van der Waals surface area contributed by atoms with Crippen molar-refractivity contribution in [3.05, 3.63) is 153 Å². The minimum absolute atomic E-state index is 0.269. The molecule has 3 aliphatic heterocycles. The third-order valence-corrected chi connectivity index (χ3v) is 8.96. The number of nitrogens with zero attached hydrogens (tertiary/aromatic N) is 1. The van der Waals surface area contributed by atoms with Crippen molar-refractivity contribution in [1.29, 1.82) is 0 Å². The lowest BCUT2D eigenvalue weighted by atomic mass is 9.84. The Balaban J connectivity index is 0.000000216. The monoisotopic (exact) mass is 569 g/mol. The standard InChI is InChI=1S/C24H26N2OS.C8H5NO4/c25-27-18-22-16-23(17-26-22)28-24(19-10-4-1-5-11-19,20-12-6-2-7-13-20)21-14-8-3-9-15-21;10-8-6-3-1-5(2-4-6)7(13-8)9(11)12/h1-15,22-23,26H,16-18,25H2;1-4,7H. The topological polar surface area (TPSA) is 117 Å². The van der Waals surface area contributed by atoms with Gasteiger partial charge in [-0.15, -0.1) is 11.8 Å². The average Bonchev–Trinajstić information content (AvgIpc) is 3.32. The van der Waals surface area contributed by atoms with Crippen LogP contribution >= 0.6 is 11.8 Å². The zero-order valence-corrected chi connectivity index (χ0v) is 23.1. The fraction of sp³-hybridized carbons (Fsp3) is 0.219. The van der Waals surface area contributed by atoms with Gasteiger partial charge in [-0.1, -0.05) is 91.0 Å². The molecule has 3 unspecified atom stereocenters. The lowest BCUT2D eigenvalue weighted by Crippen LogP contribution is -2.29. The van der Waals surface area contributed by atoms with Crippen molar-refractivity contribution in [2.75, 3.05) is 13.2 Å². The summed E-state index contributed by atoms with van der Waals surface area (Å²) in [5.74, 6) is 4.66. The van der Waals surface area contributed by atoms with E-state index in [2.05, 4.69) is 101 Å². The van der Waals surface area contributed by atoms with Gasteiger partial charge in [0.2, 0.25) is 0 Å². The molecule has 4 aromatic rings. The van der Waals surface area contributed by atoms with Gasteiger partial charge in [-0.2, -0.15) is 0 Å². The SMILES string of the molecule is NOCC1CC(SC(c2ccccc2)(c2ccccc2)c2ccccc2)CN1.O=C1OC([N+](=O)[O-])c2ccc1cc2. The van der Waals surface area contributed by atoms with E-state index in [4.69, 9.17) is 10.7 Å². The molecule has 7 rings (SSSR count). The molecule has 1 fully saturated rings. The Kier molecular flexibility index (Phi) is 9.11. The summed E-state index contributed by atoms with van der Waals surface area (Å²) < 4.78 is 4.35. The van der Waals surface area contributed by atoms with Crippen LogP contribution in [0.2, 0.25) is 0 Å². The van der Waals surface area contributed by atoms with E-state index in [-0.39, 0.29) is 4.75 Å². The maximum Gasteiger partial charge on any atom is 0.383 e. The Labute approximate surface area is 243 Å². The minimum atomic E-state index is -1.36. The van der Waals surface area contributed by atoms with Crippen LogP contribution in [0.4, 0.5) is 0 Å². The van der Waals surface area contributed by atoms with E-state index >= 15 is 0 Å². The summed E-state index contributed by atoms with van der Waals surface area (Å²) in [5, 5.41) is 14.5. The highest BCUT2D eigenvalue weighted by atomic mass is 32.2. The summed E-state index contributed by atoms with van der Waals surface area (Å²) in [6.45, 7) is 1.50. The van der Waals surface area contributed by atoms with Gasteiger partial charge in [-0.25, -0.2) is 10.7 Å². The van der Waals surface area contributed by atoms with E-state index < -0.39 is 17.1 Å². The largest absolute Gasteiger partial charge is 0.390 e. The third-order valence-electron chi connectivity index (χ3n) is 7.21. The van der Waals surface area contributed by atoms with Crippen LogP contribution in [0.15, 0.2) is 115 Å². The zero-order valence-electron chi connectivity index (χ0n) is 22.3. The van der Waals surface area contributed by atoms with Gasteiger partial charge in [0.1, 0.15) is 0 Å². The van der Waals surface area contributed by atoms with Gasteiger partial charge >= 0.3 is 12.2 Å². The molecule has 8 nitrogen and oxygen atoms in total. The van der Waals surface area contributed by atoms with Crippen molar-refractivity contribution in [2.45, 2.75) is 28.7 Å². The summed E-state index contributed by atoms with van der Waals surface area (Å²) in [6.07, 6.45) is -0.323. The van der Waals surface area contributed by atoms with Gasteiger partial charge in [-0.3, -0.25) is 10.1 Å². The van der Waals surface area contributed by atoms with Crippen LogP contribution < -0.4 is 11.2 Å². The van der Waals surface area contributed by atoms with Crippen molar-refractivity contribution in [2.24, 2.45) is 5.90 Å². The van der Waals surface area contributed by atoms with E-state index in [1.54, 1.807) is 0 Å². The second kappa shape index (κ2) is 13.1. The van der Waals surface area contributed by atoms with Gasteiger partial charge < -0.3 is 14.9 Å². The molecule has 0 aliphatic carbocycles. The lowest BCUT2D eigenvalue weighted by Gasteiger charge is -2.37. The summed E-state index contributed by atoms with van der Waals surface area (Å²) in [4.78, 5) is 25.8. The molecule has 0 amide bonds. The van der Waals surface area contributed by atoms with Crippen molar-refractivity contribution in [3.63, 3.8) is 0 Å². The van der Waals surface area contributed by atoms with Crippen molar-refractivity contribution in [3.8, 4) is 0 Å². The molecule has 4 aromatic carbocycles.